The van der Waals surface area contributed by atoms with Crippen molar-refractivity contribution in [2.24, 2.45) is 0 Å². The molecule has 0 aromatic heterocycles. The number of hydrogen-bond acceptors (Lipinski definition) is 1. The average Bonchev–Trinajstić information content (AvgIpc) is 2.26. The lowest BCUT2D eigenvalue weighted by molar-refractivity contribution is 0.495. The number of thiol groups is 1. The van der Waals surface area contributed by atoms with Gasteiger partial charge in [-0.1, -0.05) is 18.2 Å². The number of rotatable bonds is 0. The first kappa shape index (κ1) is 12.6. The van der Waals surface area contributed by atoms with Crippen LogP contribution in [0.2, 0.25) is 0 Å². The van der Waals surface area contributed by atoms with Crippen LogP contribution in [0.3, 0.4) is 0 Å². The lowest BCUT2D eigenvalue weighted by atomic mass is 10.3. The summed E-state index contributed by atoms with van der Waals surface area (Å²) in [4.78, 5) is 1.02. The standard InChI is InChI=1S/C6H3F3.C6H6S/c7-4-1-2-5(8)6(9)3-4;7-6-4-2-1-3-5-6/h1-3H;1-5,7H. The van der Waals surface area contributed by atoms with Crippen molar-refractivity contribution in [2.75, 3.05) is 0 Å². The summed E-state index contributed by atoms with van der Waals surface area (Å²) in [5, 5.41) is 0. The van der Waals surface area contributed by atoms with E-state index in [-0.39, 0.29) is 0 Å². The third kappa shape index (κ3) is 4.40. The molecule has 0 aliphatic rings. The average molecular weight is 242 g/mol. The van der Waals surface area contributed by atoms with Gasteiger partial charge in [0.15, 0.2) is 11.6 Å². The van der Waals surface area contributed by atoms with E-state index in [9.17, 15) is 13.2 Å². The van der Waals surface area contributed by atoms with Gasteiger partial charge in [-0.05, 0) is 24.3 Å². The number of benzene rings is 2. The van der Waals surface area contributed by atoms with E-state index in [4.69, 9.17) is 0 Å². The molecule has 2 aromatic carbocycles. The Morgan fingerprint density at radius 2 is 1.38 bits per heavy atom. The molecular weight excluding hydrogens is 233 g/mol. The second-order valence-electron chi connectivity index (χ2n) is 2.89. The third-order valence-electron chi connectivity index (χ3n) is 1.64. The second kappa shape index (κ2) is 6.23. The minimum atomic E-state index is -1.16. The molecule has 0 spiro atoms. The van der Waals surface area contributed by atoms with Crippen molar-refractivity contribution in [2.45, 2.75) is 4.90 Å². The Kier molecular flexibility index (Phi) is 4.92. The van der Waals surface area contributed by atoms with Gasteiger partial charge in [-0.3, -0.25) is 0 Å². The molecule has 0 heterocycles. The van der Waals surface area contributed by atoms with Gasteiger partial charge >= 0.3 is 0 Å². The van der Waals surface area contributed by atoms with Crippen molar-refractivity contribution in [3.63, 3.8) is 0 Å². The maximum Gasteiger partial charge on any atom is 0.161 e. The zero-order valence-electron chi connectivity index (χ0n) is 8.20. The van der Waals surface area contributed by atoms with E-state index in [0.717, 1.165) is 17.0 Å². The predicted molar refractivity (Wildman–Crippen MR) is 60.0 cm³/mol. The summed E-state index contributed by atoms with van der Waals surface area (Å²) in [7, 11) is 0. The smallest absolute Gasteiger partial charge is 0.161 e. The van der Waals surface area contributed by atoms with Crippen molar-refractivity contribution in [1.29, 1.82) is 0 Å². The summed E-state index contributed by atoms with van der Waals surface area (Å²) in [5.74, 6) is -2.96. The van der Waals surface area contributed by atoms with Gasteiger partial charge in [-0.25, -0.2) is 13.2 Å². The van der Waals surface area contributed by atoms with Gasteiger partial charge in [0.2, 0.25) is 0 Å². The van der Waals surface area contributed by atoms with E-state index < -0.39 is 17.5 Å². The summed E-state index contributed by atoms with van der Waals surface area (Å²) in [6.45, 7) is 0. The predicted octanol–water partition coefficient (Wildman–Crippen LogP) is 4.08. The Labute approximate surface area is 97.1 Å². The molecule has 16 heavy (non-hydrogen) atoms. The fourth-order valence-electron chi connectivity index (χ4n) is 0.898. The Balaban J connectivity index is 0.000000165. The summed E-state index contributed by atoms with van der Waals surface area (Å²) in [6.07, 6.45) is 0. The molecule has 0 unspecified atom stereocenters. The van der Waals surface area contributed by atoms with Crippen LogP contribution in [-0.4, -0.2) is 0 Å². The molecule has 0 nitrogen and oxygen atoms in total. The van der Waals surface area contributed by atoms with Gasteiger partial charge in [-0.2, -0.15) is 0 Å². The Morgan fingerprint density at radius 1 is 0.750 bits per heavy atom. The summed E-state index contributed by atoms with van der Waals surface area (Å²) >= 11 is 4.08. The van der Waals surface area contributed by atoms with Gasteiger partial charge in [0, 0.05) is 11.0 Å². The molecule has 2 aromatic rings. The summed E-state index contributed by atoms with van der Waals surface area (Å²) in [5.41, 5.74) is 0. The molecule has 0 radical (unpaired) electrons. The summed E-state index contributed by atoms with van der Waals surface area (Å²) < 4.78 is 35.9. The second-order valence-corrected chi connectivity index (χ2v) is 3.41. The highest BCUT2D eigenvalue weighted by Crippen LogP contribution is 2.06. The molecule has 4 heteroatoms. The molecule has 0 N–H and O–H groups in total. The van der Waals surface area contributed by atoms with Crippen LogP contribution < -0.4 is 0 Å². The fourth-order valence-corrected chi connectivity index (χ4v) is 1.07. The molecule has 84 valence electrons. The minimum Gasteiger partial charge on any atom is -0.207 e. The van der Waals surface area contributed by atoms with Crippen molar-refractivity contribution in [1.82, 2.24) is 0 Å². The maximum atomic E-state index is 12.0. The van der Waals surface area contributed by atoms with E-state index >= 15 is 0 Å². The van der Waals surface area contributed by atoms with Gasteiger partial charge in [-0.15, -0.1) is 12.6 Å². The first-order valence-corrected chi connectivity index (χ1v) is 4.89. The fraction of sp³-hybridized carbons (Fsp3) is 0. The lowest BCUT2D eigenvalue weighted by Gasteiger charge is -1.88. The highest BCUT2D eigenvalue weighted by molar-refractivity contribution is 7.80. The zero-order chi connectivity index (χ0) is 12.0. The summed E-state index contributed by atoms with van der Waals surface area (Å²) in [6, 6.07) is 11.9. The molecule has 0 atom stereocenters. The molecular formula is C12H9F3S. The molecule has 2 rings (SSSR count). The van der Waals surface area contributed by atoms with Crippen LogP contribution in [0.15, 0.2) is 53.4 Å². The lowest BCUT2D eigenvalue weighted by Crippen LogP contribution is -1.83. The number of halogens is 3. The van der Waals surface area contributed by atoms with Crippen molar-refractivity contribution < 1.29 is 13.2 Å². The largest absolute Gasteiger partial charge is 0.207 e. The van der Waals surface area contributed by atoms with Crippen LogP contribution in [0.4, 0.5) is 13.2 Å². The topological polar surface area (TPSA) is 0 Å². The molecule has 0 saturated carbocycles. The maximum absolute atomic E-state index is 12.0. The molecule has 0 fully saturated rings. The van der Waals surface area contributed by atoms with Crippen LogP contribution in [-0.2, 0) is 0 Å². The van der Waals surface area contributed by atoms with Crippen molar-refractivity contribution in [3.8, 4) is 0 Å². The van der Waals surface area contributed by atoms with Crippen LogP contribution in [0.5, 0.6) is 0 Å². The first-order valence-electron chi connectivity index (χ1n) is 4.44. The molecule has 0 aliphatic heterocycles. The Hall–Kier alpha value is -1.42. The van der Waals surface area contributed by atoms with Crippen LogP contribution in [0.25, 0.3) is 0 Å². The quantitative estimate of drug-likeness (QED) is 0.522. The highest BCUT2D eigenvalue weighted by atomic mass is 32.1. The van der Waals surface area contributed by atoms with Crippen LogP contribution in [0.1, 0.15) is 0 Å². The normalized spacial score (nSPS) is 9.25. The zero-order valence-corrected chi connectivity index (χ0v) is 9.09. The monoisotopic (exact) mass is 242 g/mol. The molecule has 0 aliphatic carbocycles. The van der Waals surface area contributed by atoms with Crippen molar-refractivity contribution in [3.05, 3.63) is 66.0 Å². The first-order chi connectivity index (χ1) is 7.59. The molecule has 0 saturated heterocycles. The van der Waals surface area contributed by atoms with Gasteiger partial charge in [0.25, 0.3) is 0 Å². The third-order valence-corrected chi connectivity index (χ3v) is 1.94. The van der Waals surface area contributed by atoms with E-state index in [1.807, 2.05) is 30.3 Å². The van der Waals surface area contributed by atoms with Crippen LogP contribution in [0, 0.1) is 17.5 Å². The SMILES string of the molecule is Fc1ccc(F)c(F)c1.Sc1ccccc1. The Morgan fingerprint density at radius 3 is 1.75 bits per heavy atom. The highest BCUT2D eigenvalue weighted by Gasteiger charge is 1.99. The van der Waals surface area contributed by atoms with E-state index in [1.54, 1.807) is 0 Å². The van der Waals surface area contributed by atoms with E-state index in [1.165, 1.54) is 0 Å². The number of hydrogen-bond donors (Lipinski definition) is 1. The van der Waals surface area contributed by atoms with E-state index in [2.05, 4.69) is 12.6 Å². The van der Waals surface area contributed by atoms with Crippen molar-refractivity contribution >= 4 is 12.6 Å². The Bertz CT molecular complexity index is 443. The van der Waals surface area contributed by atoms with Gasteiger partial charge in [0.1, 0.15) is 5.82 Å². The molecule has 0 amide bonds. The van der Waals surface area contributed by atoms with E-state index in [0.29, 0.717) is 6.07 Å². The van der Waals surface area contributed by atoms with Gasteiger partial charge in [0.05, 0.1) is 0 Å². The van der Waals surface area contributed by atoms with Crippen LogP contribution >= 0.6 is 12.6 Å². The molecule has 0 bridgehead atoms. The van der Waals surface area contributed by atoms with Gasteiger partial charge < -0.3 is 0 Å². The minimum absolute atomic E-state index is 0.495.